The molecular weight excluding hydrogens is 2010 g/mol. The zero-order chi connectivity index (χ0) is 112. The molecule has 150 heavy (non-hydrogen) atoms. The van der Waals surface area contributed by atoms with E-state index in [1.807, 2.05) is 219 Å². The highest BCUT2D eigenvalue weighted by Gasteiger charge is 2.31. The number of esters is 4. The summed E-state index contributed by atoms with van der Waals surface area (Å²) in [5.41, 5.74) is 30.7. The number of alkyl halides is 2. The fraction of sp³-hybridized carbons (Fsp3) is 0.237. The lowest BCUT2D eigenvalue weighted by Crippen LogP contribution is -2.57. The van der Waals surface area contributed by atoms with Crippen molar-refractivity contribution in [1.82, 2.24) is 0 Å². The maximum Gasteiger partial charge on any atom is 0.367 e. The first-order valence-corrected chi connectivity index (χ1v) is 51.1. The van der Waals surface area contributed by atoms with Crippen LogP contribution in [0.2, 0.25) is 0 Å². The SMILES string of the molecule is CCOC(=O)C(Cl)c1cccc(C)c1.CCOC(=O)C(c1cccc(C)c1)c1ccc(N)c(F)c1.CCOC(=O)C(c1cccc(C)c1)c1ccc(NS(C)(=O)=O)c(F)c1.CCOC(=O)C(c1cccc(C)c1)c1ccc([N+](=O)[O-])c(F)c1.Cc1cccc(C(C(=O)O)c2ccc(NS(C)(=O)=O)c(F)c2)c1.Cc1cccc(C(Cl)C(=O)O)c1.Cc1cccc(C(N)C#N)c1.Cc1cccc(C([NH3+])C(=O)O)c1.Cc1cccc(C=O)c1. The Balaban J connectivity index is 0.000000302. The van der Waals surface area contributed by atoms with Crippen molar-refractivity contribution in [3.05, 3.63) is 447 Å². The maximum absolute atomic E-state index is 14.3. The van der Waals surface area contributed by atoms with E-state index in [0.717, 1.165) is 121 Å². The van der Waals surface area contributed by atoms with E-state index in [0.29, 0.717) is 45.6 Å². The summed E-state index contributed by atoms with van der Waals surface area (Å²) in [5, 5.41) is 44.3. The third kappa shape index (κ3) is 42.2. The van der Waals surface area contributed by atoms with Crippen molar-refractivity contribution in [2.45, 2.75) is 137 Å². The Bertz CT molecular complexity index is 7040. The van der Waals surface area contributed by atoms with Gasteiger partial charge in [-0.15, -0.1) is 23.2 Å². The molecule has 0 radical (unpaired) electrons. The van der Waals surface area contributed by atoms with Gasteiger partial charge in [-0.05, 0) is 206 Å². The Morgan fingerprint density at radius 1 is 0.387 bits per heavy atom. The number of benzene rings is 13. The van der Waals surface area contributed by atoms with Gasteiger partial charge in [0, 0.05) is 17.2 Å². The minimum absolute atomic E-state index is 0.0607. The predicted molar refractivity (Wildman–Crippen MR) is 572 cm³/mol. The lowest BCUT2D eigenvalue weighted by atomic mass is 9.90. The number of aliphatic carboxylic acids is 3. The topological polar surface area (TPSA) is 473 Å². The number of aldehydes is 1. The minimum atomic E-state index is -3.61. The molecule has 0 amide bonds. The number of nitrogens with zero attached hydrogens (tertiary/aromatic N) is 2. The number of hydrogen-bond acceptors (Lipinski definition) is 21. The Labute approximate surface area is 880 Å². The van der Waals surface area contributed by atoms with Crippen LogP contribution >= 0.6 is 23.2 Å². The highest BCUT2D eigenvalue weighted by atomic mass is 35.5. The molecule has 0 spiro atoms. The lowest BCUT2D eigenvalue weighted by molar-refractivity contribution is -0.413. The average Bonchev–Trinajstić information content (AvgIpc) is 0.810. The van der Waals surface area contributed by atoms with Crippen LogP contribution < -0.4 is 26.6 Å². The van der Waals surface area contributed by atoms with Crippen LogP contribution in [0.15, 0.2) is 291 Å². The van der Waals surface area contributed by atoms with Crippen LogP contribution in [0.1, 0.15) is 201 Å². The highest BCUT2D eigenvalue weighted by molar-refractivity contribution is 7.92. The molecule has 13 aromatic carbocycles. The van der Waals surface area contributed by atoms with Crippen molar-refractivity contribution < 1.29 is 118 Å². The highest BCUT2D eigenvalue weighted by Crippen LogP contribution is 2.36. The fourth-order valence-corrected chi connectivity index (χ4v) is 15.8. The molecule has 0 fully saturated rings. The normalized spacial score (nSPS) is 12.1. The predicted octanol–water partition coefficient (Wildman–Crippen LogP) is 22.0. The lowest BCUT2D eigenvalue weighted by Gasteiger charge is -2.18. The molecule has 0 aromatic heterocycles. The van der Waals surface area contributed by atoms with Gasteiger partial charge in [0.05, 0.1) is 67.0 Å². The number of anilines is 3. The largest absolute Gasteiger partial charge is 0.481 e. The molecule has 13 rings (SSSR count). The number of nitrogens with one attached hydrogen (secondary N) is 2. The molecule has 8 atom stereocenters. The summed E-state index contributed by atoms with van der Waals surface area (Å²) in [6, 6.07) is 82.6. The number of carboxylic acid groups (broad SMARTS) is 3. The van der Waals surface area contributed by atoms with Crippen molar-refractivity contribution in [3.63, 3.8) is 0 Å². The van der Waals surface area contributed by atoms with E-state index in [1.165, 1.54) is 42.5 Å². The number of sulfonamides is 2. The smallest absolute Gasteiger partial charge is 0.367 e. The number of nitriles is 1. The van der Waals surface area contributed by atoms with Crippen molar-refractivity contribution >= 4 is 114 Å². The quantitative estimate of drug-likeness (QED) is 0.00315. The Hall–Kier alpha value is -15.8. The van der Waals surface area contributed by atoms with Crippen molar-refractivity contribution in [2.75, 3.05) is 54.1 Å². The molecule has 0 aliphatic carbocycles. The third-order valence-corrected chi connectivity index (χ3v) is 23.3. The zero-order valence-electron chi connectivity index (χ0n) is 85.3. The number of nitrogen functional groups attached to an aromatic ring is 1. The molecule has 0 saturated heterocycles. The Kier molecular flexibility index (Phi) is 51.3. The monoisotopic (exact) mass is 2130 g/mol. The number of ether oxygens (including phenoxy) is 4. The summed E-state index contributed by atoms with van der Waals surface area (Å²) in [5.74, 6) is -11.2. The van der Waals surface area contributed by atoms with Crippen LogP contribution in [0.3, 0.4) is 0 Å². The average molecular weight is 2140 g/mol. The first kappa shape index (κ1) is 125. The second kappa shape index (κ2) is 61.7. The van der Waals surface area contributed by atoms with Crippen molar-refractivity contribution in [2.24, 2.45) is 5.73 Å². The Morgan fingerprint density at radius 3 is 0.953 bits per heavy atom. The summed E-state index contributed by atoms with van der Waals surface area (Å²) in [6.45, 7) is 25.2. The second-order valence-corrected chi connectivity index (χ2v) is 38.3. The third-order valence-electron chi connectivity index (χ3n) is 21.3. The van der Waals surface area contributed by atoms with E-state index in [4.69, 9.17) is 69.1 Å². The molecule has 0 bridgehead atoms. The number of nitro benzene ring substituents is 1. The molecule has 36 heteroatoms. The first-order chi connectivity index (χ1) is 70.8. The zero-order valence-corrected chi connectivity index (χ0v) is 88.4. The van der Waals surface area contributed by atoms with Crippen LogP contribution in [0, 0.1) is 107 Å². The number of halogens is 6. The first-order valence-electron chi connectivity index (χ1n) is 46.5. The van der Waals surface area contributed by atoms with Crippen molar-refractivity contribution in [1.29, 1.82) is 5.26 Å². The van der Waals surface area contributed by atoms with E-state index < -0.39 is 136 Å². The number of carboxylic acids is 3. The number of hydrogen-bond donors (Lipinski definition) is 8. The Morgan fingerprint density at radius 2 is 0.660 bits per heavy atom. The van der Waals surface area contributed by atoms with Crippen LogP contribution in [-0.2, 0) is 72.6 Å². The number of carbonyl (C=O) groups excluding carboxylic acids is 5. The van der Waals surface area contributed by atoms with Gasteiger partial charge in [0.1, 0.15) is 53.5 Å². The fourth-order valence-electron chi connectivity index (χ4n) is 14.4. The van der Waals surface area contributed by atoms with Gasteiger partial charge in [0.2, 0.25) is 31.9 Å². The maximum atomic E-state index is 14.3. The molecule has 0 aliphatic rings. The van der Waals surface area contributed by atoms with Gasteiger partial charge < -0.3 is 51.5 Å². The molecule has 12 N–H and O–H groups in total. The van der Waals surface area contributed by atoms with E-state index in [-0.39, 0.29) is 48.4 Å². The summed E-state index contributed by atoms with van der Waals surface area (Å²) in [4.78, 5) is 101. The minimum Gasteiger partial charge on any atom is -0.481 e. The van der Waals surface area contributed by atoms with Crippen LogP contribution in [-0.4, -0.2) is 124 Å². The van der Waals surface area contributed by atoms with Gasteiger partial charge in [-0.3, -0.25) is 53.1 Å². The van der Waals surface area contributed by atoms with Gasteiger partial charge in [-0.1, -0.05) is 281 Å². The molecular formula is C114H122Cl2F4N7O21S2+. The van der Waals surface area contributed by atoms with Crippen LogP contribution in [0.5, 0.6) is 0 Å². The number of nitro groups is 1. The van der Waals surface area contributed by atoms with Gasteiger partial charge in [-0.2, -0.15) is 9.65 Å². The summed E-state index contributed by atoms with van der Waals surface area (Å²) in [6.07, 6.45) is 2.70. The van der Waals surface area contributed by atoms with Crippen LogP contribution in [0.25, 0.3) is 0 Å². The summed E-state index contributed by atoms with van der Waals surface area (Å²) >= 11 is 11.5. The number of quaternary nitrogens is 1. The number of carbonyl (C=O) groups is 8. The molecule has 13 aromatic rings. The number of nitrogens with two attached hydrogens (primary N) is 2. The molecule has 0 saturated carbocycles. The van der Waals surface area contributed by atoms with Gasteiger partial charge in [0.25, 0.3) is 0 Å². The number of aryl methyl sites for hydroxylation is 9. The van der Waals surface area contributed by atoms with E-state index in [9.17, 15) is 88.0 Å². The molecule has 28 nitrogen and oxygen atoms in total. The number of rotatable bonds is 29. The van der Waals surface area contributed by atoms with E-state index in [1.54, 1.807) is 107 Å². The molecule has 0 aliphatic heterocycles. The van der Waals surface area contributed by atoms with E-state index in [2.05, 4.69) is 10.5 Å². The standard InChI is InChI=1S/C18H20FNO4S.C17H16FNO4.C17H18FNO2.C16H16FNO4S.C11H13ClO2.C9H9ClO2.C9H10N2.C9H11NO2.C8H8O/c1-4-24-18(21)17(13-7-5-6-12(2)10-13)14-8-9-16(15(19)11-14)20-25(3,22)23;1-3-23-17(20)16(12-6-4-5-11(2)9-12)13-7-8-15(19(21)22)14(18)10-13;1-3-21-17(20)16(12-6-4-5-11(2)9-12)13-7-8-15(19)14(18)10-13;1-10-4-3-5-11(8-10)15(16(19)20)12-6-7-14(13(17)9-12)18-23(2,21)22;1-3-14-11(13)10(12)9-6-4-5-8(2)7-9;1-6-3-2-4-7(5-6)8(10)9(11)12;1-7-3-2-4-8(5-7)9(11)6-10;1-6-3-2-4-7(5-6)8(10)9(11)12;1-7-3-2-4-8(5-7)6-9/h5-11,17,20H,4H2,1-3H3;4-10,16H,3H2,1-2H3;4-10,16H,3,19H2,1-2H3;3-9,15,18H,1-2H3,(H,19,20);4-7,10H,3H2,1-2H3;2-5,8H,1H3,(H,11,12);2-5,9H,11H2,1H3;2-5,8H,10H2,1H3,(H,11,12);2-6H,1H3/p+1. The molecule has 792 valence electrons. The summed E-state index contributed by atoms with van der Waals surface area (Å²) in [7, 11) is -7.21. The van der Waals surface area contributed by atoms with Gasteiger partial charge in [-0.25, -0.2) is 34.8 Å². The second-order valence-electron chi connectivity index (χ2n) is 34.0. The van der Waals surface area contributed by atoms with Crippen LogP contribution in [0.4, 0.5) is 40.3 Å². The molecule has 8 unspecified atom stereocenters. The molecule has 0 heterocycles. The van der Waals surface area contributed by atoms with Gasteiger partial charge in [0.15, 0.2) is 10.8 Å². The van der Waals surface area contributed by atoms with Gasteiger partial charge >= 0.3 is 47.5 Å². The van der Waals surface area contributed by atoms with Crippen molar-refractivity contribution in [3.8, 4) is 6.07 Å². The van der Waals surface area contributed by atoms with E-state index >= 15 is 0 Å². The summed E-state index contributed by atoms with van der Waals surface area (Å²) < 4.78 is 125.